The Morgan fingerprint density at radius 3 is 2.79 bits per heavy atom. The molecule has 0 radical (unpaired) electrons. The second-order valence-electron chi connectivity index (χ2n) is 2.73. The van der Waals surface area contributed by atoms with Gasteiger partial charge < -0.3 is 20.1 Å². The lowest BCUT2D eigenvalue weighted by Crippen LogP contribution is -2.28. The van der Waals surface area contributed by atoms with Gasteiger partial charge in [0.25, 0.3) is 0 Å². The van der Waals surface area contributed by atoms with E-state index >= 15 is 0 Å². The van der Waals surface area contributed by atoms with E-state index in [2.05, 4.69) is 10.6 Å². The number of imidazole rings is 1. The monoisotopic (exact) mass is 198 g/mol. The highest BCUT2D eigenvalue weighted by molar-refractivity contribution is 5.84. The van der Waals surface area contributed by atoms with E-state index < -0.39 is 0 Å². The number of hydrogen-bond donors (Lipinski definition) is 3. The standard InChI is InChI=1S/C7H10N4O3/c1-8-4-3-14-6-5(4)10(12)7(9-2)11(6)13/h3,8-9,12H,1-2H3. The molecular formula is C7H10N4O3. The molecule has 14 heavy (non-hydrogen) atoms. The summed E-state index contributed by atoms with van der Waals surface area (Å²) >= 11 is 0. The van der Waals surface area contributed by atoms with Gasteiger partial charge >= 0.3 is 11.7 Å². The van der Waals surface area contributed by atoms with Gasteiger partial charge in [0.05, 0.1) is 7.05 Å². The Morgan fingerprint density at radius 1 is 1.50 bits per heavy atom. The van der Waals surface area contributed by atoms with Crippen molar-refractivity contribution in [1.82, 2.24) is 4.73 Å². The van der Waals surface area contributed by atoms with E-state index in [9.17, 15) is 10.4 Å². The van der Waals surface area contributed by atoms with Crippen LogP contribution in [0.15, 0.2) is 10.7 Å². The topological polar surface area (TPSA) is 89.3 Å². The van der Waals surface area contributed by atoms with Crippen LogP contribution >= 0.6 is 0 Å². The highest BCUT2D eigenvalue weighted by Crippen LogP contribution is 2.25. The van der Waals surface area contributed by atoms with Crippen molar-refractivity contribution < 1.29 is 14.4 Å². The molecule has 2 rings (SSSR count). The SMILES string of the molecule is CNc1coc2c1n(O)c(NC)[n+]2[O-]. The maximum Gasteiger partial charge on any atom is 0.398 e. The molecule has 0 fully saturated rings. The molecule has 0 spiro atoms. The molecule has 76 valence electrons. The van der Waals surface area contributed by atoms with Gasteiger partial charge in [-0.05, 0) is 4.73 Å². The number of nitrogens with zero attached hydrogens (tertiary/aromatic N) is 2. The average molecular weight is 198 g/mol. The van der Waals surface area contributed by atoms with Gasteiger partial charge in [0, 0.05) is 7.05 Å². The smallest absolute Gasteiger partial charge is 0.398 e. The van der Waals surface area contributed by atoms with Crippen LogP contribution in [0, 0.1) is 5.21 Å². The van der Waals surface area contributed by atoms with Gasteiger partial charge in [-0.25, -0.2) is 4.73 Å². The molecule has 3 N–H and O–H groups in total. The number of hydrogen-bond acceptors (Lipinski definition) is 5. The molecule has 0 unspecified atom stereocenters. The number of furan rings is 1. The Hall–Kier alpha value is -2.05. The first kappa shape index (κ1) is 8.54. The van der Waals surface area contributed by atoms with Crippen molar-refractivity contribution in [3.8, 4) is 0 Å². The van der Waals surface area contributed by atoms with Crippen molar-refractivity contribution >= 4 is 22.9 Å². The summed E-state index contributed by atoms with van der Waals surface area (Å²) in [5.74, 6) is 0.0100. The minimum atomic E-state index is 0.0100. The average Bonchev–Trinajstić information content (AvgIpc) is 2.69. The molecule has 0 bridgehead atoms. The predicted octanol–water partition coefficient (Wildman–Crippen LogP) is 0.188. The van der Waals surface area contributed by atoms with Crippen LogP contribution in [-0.2, 0) is 0 Å². The summed E-state index contributed by atoms with van der Waals surface area (Å²) in [5.41, 5.74) is 0.918. The molecule has 2 aromatic heterocycles. The molecule has 0 aromatic carbocycles. The van der Waals surface area contributed by atoms with Gasteiger partial charge in [-0.1, -0.05) is 0 Å². The first-order valence-corrected chi connectivity index (χ1v) is 4.01. The maximum absolute atomic E-state index is 11.5. The Kier molecular flexibility index (Phi) is 1.66. The van der Waals surface area contributed by atoms with Crippen LogP contribution in [0.3, 0.4) is 0 Å². The van der Waals surface area contributed by atoms with E-state index in [1.54, 1.807) is 7.05 Å². The Balaban J connectivity index is 2.82. The molecule has 0 aliphatic rings. The summed E-state index contributed by atoms with van der Waals surface area (Å²) in [4.78, 5) is 0. The van der Waals surface area contributed by atoms with Crippen LogP contribution in [0.4, 0.5) is 11.6 Å². The van der Waals surface area contributed by atoms with Crippen LogP contribution in [-0.4, -0.2) is 24.0 Å². The fourth-order valence-electron chi connectivity index (χ4n) is 1.36. The molecule has 7 heteroatoms. The number of fused-ring (bicyclic) bond motifs is 1. The molecule has 0 atom stereocenters. The molecule has 0 aliphatic carbocycles. The summed E-state index contributed by atoms with van der Waals surface area (Å²) in [6, 6.07) is 0. The third-order valence-electron chi connectivity index (χ3n) is 2.03. The molecule has 7 nitrogen and oxygen atoms in total. The van der Waals surface area contributed by atoms with Gasteiger partial charge in [-0.3, -0.25) is 5.32 Å². The third kappa shape index (κ3) is 0.832. The van der Waals surface area contributed by atoms with Crippen LogP contribution in [0.1, 0.15) is 0 Å². The summed E-state index contributed by atoms with van der Waals surface area (Å²) in [5, 5.41) is 26.4. The van der Waals surface area contributed by atoms with Gasteiger partial charge in [-0.15, -0.1) is 0 Å². The maximum atomic E-state index is 11.5. The largest absolute Gasteiger partial charge is 0.737 e. The second-order valence-corrected chi connectivity index (χ2v) is 2.73. The Bertz CT molecular complexity index is 473. The third-order valence-corrected chi connectivity index (χ3v) is 2.03. The summed E-state index contributed by atoms with van der Waals surface area (Å²) in [6.07, 6.45) is 1.37. The molecule has 0 saturated carbocycles. The van der Waals surface area contributed by atoms with Crippen molar-refractivity contribution in [3.05, 3.63) is 11.5 Å². The molecule has 0 saturated heterocycles. The Labute approximate surface area is 79.1 Å². The minimum absolute atomic E-state index is 0.0100. The van der Waals surface area contributed by atoms with Gasteiger partial charge in [-0.2, -0.15) is 0 Å². The molecule has 2 aromatic rings. The first-order valence-electron chi connectivity index (χ1n) is 4.01. The van der Waals surface area contributed by atoms with Gasteiger partial charge in [0.1, 0.15) is 12.0 Å². The van der Waals surface area contributed by atoms with Gasteiger partial charge in [0.15, 0.2) is 0 Å². The zero-order chi connectivity index (χ0) is 10.3. The van der Waals surface area contributed by atoms with E-state index in [1.807, 2.05) is 0 Å². The zero-order valence-corrected chi connectivity index (χ0v) is 7.74. The van der Waals surface area contributed by atoms with E-state index in [0.717, 1.165) is 4.73 Å². The normalized spacial score (nSPS) is 10.7. The van der Waals surface area contributed by atoms with E-state index in [4.69, 9.17) is 4.42 Å². The second kappa shape index (κ2) is 2.72. The molecule has 0 aliphatic heterocycles. The number of anilines is 2. The van der Waals surface area contributed by atoms with Crippen molar-refractivity contribution in [2.24, 2.45) is 0 Å². The summed E-state index contributed by atoms with van der Waals surface area (Å²) < 4.78 is 6.23. The van der Waals surface area contributed by atoms with Crippen LogP contribution in [0.25, 0.3) is 11.2 Å². The summed E-state index contributed by atoms with van der Waals surface area (Å²) in [7, 11) is 3.21. The lowest BCUT2D eigenvalue weighted by Gasteiger charge is -2.00. The fourth-order valence-corrected chi connectivity index (χ4v) is 1.36. The number of rotatable bonds is 2. The van der Waals surface area contributed by atoms with Crippen molar-refractivity contribution in [2.45, 2.75) is 0 Å². The Morgan fingerprint density at radius 2 is 2.21 bits per heavy atom. The fraction of sp³-hybridized carbons (Fsp3) is 0.286. The quantitative estimate of drug-likeness (QED) is 0.364. The zero-order valence-electron chi connectivity index (χ0n) is 7.74. The highest BCUT2D eigenvalue weighted by atomic mass is 16.5. The lowest BCUT2D eigenvalue weighted by molar-refractivity contribution is -0.571. The van der Waals surface area contributed by atoms with E-state index in [1.165, 1.54) is 13.3 Å². The minimum Gasteiger partial charge on any atom is -0.737 e. The number of nitrogens with one attached hydrogen (secondary N) is 2. The van der Waals surface area contributed by atoms with Crippen LogP contribution < -0.4 is 15.4 Å². The van der Waals surface area contributed by atoms with E-state index in [0.29, 0.717) is 15.9 Å². The summed E-state index contributed by atoms with van der Waals surface area (Å²) in [6.45, 7) is 0. The van der Waals surface area contributed by atoms with Crippen molar-refractivity contribution in [2.75, 3.05) is 24.7 Å². The highest BCUT2D eigenvalue weighted by Gasteiger charge is 2.24. The lowest BCUT2D eigenvalue weighted by atomic mass is 10.5. The van der Waals surface area contributed by atoms with Crippen LogP contribution in [0.2, 0.25) is 0 Å². The molecule has 2 heterocycles. The van der Waals surface area contributed by atoms with Crippen molar-refractivity contribution in [1.29, 1.82) is 0 Å². The van der Waals surface area contributed by atoms with Crippen molar-refractivity contribution in [3.63, 3.8) is 0 Å². The predicted molar refractivity (Wildman–Crippen MR) is 49.4 cm³/mol. The van der Waals surface area contributed by atoms with E-state index in [-0.39, 0.29) is 11.7 Å². The van der Waals surface area contributed by atoms with Crippen LogP contribution in [0.5, 0.6) is 0 Å². The molecule has 0 amide bonds. The molecular weight excluding hydrogens is 188 g/mol. The first-order chi connectivity index (χ1) is 6.70. The number of aromatic nitrogens is 2. The van der Waals surface area contributed by atoms with Gasteiger partial charge in [0.2, 0.25) is 5.52 Å².